The van der Waals surface area contributed by atoms with Crippen LogP contribution in [-0.4, -0.2) is 19.1 Å². The summed E-state index contributed by atoms with van der Waals surface area (Å²) in [5, 5.41) is 0. The van der Waals surface area contributed by atoms with Crippen molar-refractivity contribution in [3.05, 3.63) is 37.4 Å². The van der Waals surface area contributed by atoms with Crippen LogP contribution in [0, 0.1) is 0 Å². The van der Waals surface area contributed by atoms with Gasteiger partial charge in [0.05, 0.1) is 12.7 Å². The maximum atomic E-state index is 3.94. The molecule has 22 heavy (non-hydrogen) atoms. The van der Waals surface area contributed by atoms with Crippen molar-refractivity contribution in [1.82, 2.24) is 19.1 Å². The molecule has 0 N–H and O–H groups in total. The molecular weight excluding hydrogens is 408 g/mol. The molecule has 0 saturated carbocycles. The van der Waals surface area contributed by atoms with Crippen LogP contribution in [0.5, 0.6) is 0 Å². The van der Waals surface area contributed by atoms with E-state index < -0.39 is 0 Å². The predicted molar refractivity (Wildman–Crippen MR) is 106 cm³/mol. The molecule has 0 aliphatic carbocycles. The maximum absolute atomic E-state index is 3.94. The fourth-order valence-corrected chi connectivity index (χ4v) is 1.52. The average Bonchev–Trinajstić information content (AvgIpc) is 3.19. The molecule has 2 aromatic rings. The highest BCUT2D eigenvalue weighted by Crippen LogP contribution is 1.93. The summed E-state index contributed by atoms with van der Waals surface area (Å²) < 4.78 is 4.20. The highest BCUT2D eigenvalue weighted by atomic mass is 79.9. The summed E-state index contributed by atoms with van der Waals surface area (Å²) in [5.74, 6) is 0. The monoisotopic (exact) mass is 438 g/mol. The first-order chi connectivity index (χ1) is 9.86. The Hall–Kier alpha value is -0.620. The Kier molecular flexibility index (Phi) is 24.4. The van der Waals surface area contributed by atoms with Crippen LogP contribution in [0.3, 0.4) is 0 Å². The smallest absolute Gasteiger partial charge is 0.0945 e. The fourth-order valence-electron chi connectivity index (χ4n) is 1.52. The standard InChI is InChI=1S/2C7H12N2.C2H6.2BrH/c2*1-2-3-5-9-6-4-8-7-9;1-2;;/h2*4,6-7H,2-3,5H2,1H3;1-2H3;2*1H. The molecule has 0 amide bonds. The van der Waals surface area contributed by atoms with Gasteiger partial charge in [-0.1, -0.05) is 40.5 Å². The zero-order valence-electron chi connectivity index (χ0n) is 14.3. The molecule has 0 aliphatic heterocycles. The molecule has 0 fully saturated rings. The second kappa shape index (κ2) is 20.4. The number of rotatable bonds is 6. The second-order valence-electron chi connectivity index (χ2n) is 4.31. The summed E-state index contributed by atoms with van der Waals surface area (Å²) in [6, 6.07) is 0. The van der Waals surface area contributed by atoms with Gasteiger partial charge in [-0.15, -0.1) is 34.0 Å². The van der Waals surface area contributed by atoms with Crippen LogP contribution in [0.15, 0.2) is 37.4 Å². The van der Waals surface area contributed by atoms with E-state index in [0.717, 1.165) is 13.1 Å². The van der Waals surface area contributed by atoms with Crippen molar-refractivity contribution in [2.45, 2.75) is 66.5 Å². The lowest BCUT2D eigenvalue weighted by Gasteiger charge is -1.96. The molecule has 0 saturated heterocycles. The van der Waals surface area contributed by atoms with Gasteiger partial charge in [0.2, 0.25) is 0 Å². The number of aromatic nitrogens is 4. The van der Waals surface area contributed by atoms with Gasteiger partial charge in [-0.3, -0.25) is 0 Å². The topological polar surface area (TPSA) is 35.6 Å². The van der Waals surface area contributed by atoms with Crippen molar-refractivity contribution >= 4 is 34.0 Å². The normalized spacial score (nSPS) is 8.36. The quantitative estimate of drug-likeness (QED) is 0.591. The van der Waals surface area contributed by atoms with Crippen molar-refractivity contribution in [3.8, 4) is 0 Å². The molecule has 0 aliphatic rings. The van der Waals surface area contributed by atoms with Crippen LogP contribution in [0.25, 0.3) is 0 Å². The Morgan fingerprint density at radius 3 is 1.32 bits per heavy atom. The summed E-state index contributed by atoms with van der Waals surface area (Å²) in [6.07, 6.45) is 16.3. The molecule has 0 bridgehead atoms. The van der Waals surface area contributed by atoms with Gasteiger partial charge >= 0.3 is 0 Å². The van der Waals surface area contributed by atoms with Gasteiger partial charge in [0.25, 0.3) is 0 Å². The molecule has 130 valence electrons. The Morgan fingerprint density at radius 2 is 1.09 bits per heavy atom. The highest BCUT2D eigenvalue weighted by Gasteiger charge is 1.86. The van der Waals surface area contributed by atoms with E-state index in [9.17, 15) is 0 Å². The van der Waals surface area contributed by atoms with E-state index in [-0.39, 0.29) is 34.0 Å². The van der Waals surface area contributed by atoms with Crippen molar-refractivity contribution < 1.29 is 0 Å². The molecule has 0 aromatic carbocycles. The van der Waals surface area contributed by atoms with Crippen LogP contribution in [-0.2, 0) is 13.1 Å². The molecule has 2 rings (SSSR count). The van der Waals surface area contributed by atoms with E-state index in [1.807, 2.05) is 51.3 Å². The maximum Gasteiger partial charge on any atom is 0.0945 e. The van der Waals surface area contributed by atoms with Crippen molar-refractivity contribution in [3.63, 3.8) is 0 Å². The number of halogens is 2. The molecule has 4 nitrogen and oxygen atoms in total. The summed E-state index contributed by atoms with van der Waals surface area (Å²) in [7, 11) is 0. The summed E-state index contributed by atoms with van der Waals surface area (Å²) in [4.78, 5) is 7.88. The molecule has 0 spiro atoms. The van der Waals surface area contributed by atoms with Gasteiger partial charge in [-0.2, -0.15) is 0 Å². The zero-order chi connectivity index (χ0) is 15.1. The van der Waals surface area contributed by atoms with Crippen LogP contribution < -0.4 is 0 Å². The third-order valence-electron chi connectivity index (χ3n) is 2.66. The van der Waals surface area contributed by atoms with Crippen LogP contribution >= 0.6 is 34.0 Å². The minimum Gasteiger partial charge on any atom is -0.337 e. The molecular formula is C16H32Br2N4. The lowest BCUT2D eigenvalue weighted by Crippen LogP contribution is -1.92. The number of aryl methyl sites for hydroxylation is 2. The third kappa shape index (κ3) is 14.3. The SMILES string of the molecule is Br.Br.CC.CCCCn1ccnc1.CCCCn1ccnc1. The fraction of sp³-hybridized carbons (Fsp3) is 0.625. The largest absolute Gasteiger partial charge is 0.337 e. The van der Waals surface area contributed by atoms with E-state index >= 15 is 0 Å². The van der Waals surface area contributed by atoms with Gasteiger partial charge in [0, 0.05) is 37.9 Å². The van der Waals surface area contributed by atoms with Crippen LogP contribution in [0.4, 0.5) is 0 Å². The van der Waals surface area contributed by atoms with Crippen LogP contribution in [0.1, 0.15) is 53.4 Å². The average molecular weight is 440 g/mol. The number of imidazole rings is 2. The number of hydrogen-bond donors (Lipinski definition) is 0. The molecule has 0 atom stereocenters. The minimum atomic E-state index is 0. The van der Waals surface area contributed by atoms with Crippen LogP contribution in [0.2, 0.25) is 0 Å². The van der Waals surface area contributed by atoms with Gasteiger partial charge in [0.15, 0.2) is 0 Å². The Bertz CT molecular complexity index is 337. The van der Waals surface area contributed by atoms with Gasteiger partial charge in [-0.05, 0) is 12.8 Å². The molecule has 0 radical (unpaired) electrons. The number of unbranched alkanes of at least 4 members (excludes halogenated alkanes) is 2. The lowest BCUT2D eigenvalue weighted by atomic mass is 10.3. The van der Waals surface area contributed by atoms with E-state index in [0.29, 0.717) is 0 Å². The van der Waals surface area contributed by atoms with Crippen molar-refractivity contribution in [2.75, 3.05) is 0 Å². The Morgan fingerprint density at radius 1 is 0.727 bits per heavy atom. The Balaban J connectivity index is -0.000000273. The van der Waals surface area contributed by atoms with E-state index in [4.69, 9.17) is 0 Å². The predicted octanol–water partition coefficient (Wildman–Crippen LogP) is 5.55. The molecule has 0 unspecified atom stereocenters. The van der Waals surface area contributed by atoms with Crippen molar-refractivity contribution in [1.29, 1.82) is 0 Å². The Labute approximate surface area is 156 Å². The van der Waals surface area contributed by atoms with Gasteiger partial charge < -0.3 is 9.13 Å². The number of nitrogens with zero attached hydrogens (tertiary/aromatic N) is 4. The molecule has 2 heterocycles. The summed E-state index contributed by atoms with van der Waals surface area (Å²) in [6.45, 7) is 10.6. The van der Waals surface area contributed by atoms with Gasteiger partial charge in [-0.25, -0.2) is 9.97 Å². The second-order valence-corrected chi connectivity index (χ2v) is 4.31. The first-order valence-corrected chi connectivity index (χ1v) is 7.78. The summed E-state index contributed by atoms with van der Waals surface area (Å²) >= 11 is 0. The lowest BCUT2D eigenvalue weighted by molar-refractivity contribution is 0.631. The van der Waals surface area contributed by atoms with Crippen molar-refractivity contribution in [2.24, 2.45) is 0 Å². The minimum absolute atomic E-state index is 0. The first kappa shape index (κ1) is 26.3. The first-order valence-electron chi connectivity index (χ1n) is 7.78. The molecule has 6 heteroatoms. The molecule has 2 aromatic heterocycles. The zero-order valence-corrected chi connectivity index (χ0v) is 17.7. The summed E-state index contributed by atoms with van der Waals surface area (Å²) in [5.41, 5.74) is 0. The van der Waals surface area contributed by atoms with E-state index in [2.05, 4.69) is 32.9 Å². The van der Waals surface area contributed by atoms with E-state index in [1.54, 1.807) is 0 Å². The number of hydrogen-bond acceptors (Lipinski definition) is 2. The third-order valence-corrected chi connectivity index (χ3v) is 2.66. The van der Waals surface area contributed by atoms with E-state index in [1.165, 1.54) is 25.7 Å². The highest BCUT2D eigenvalue weighted by molar-refractivity contribution is 8.93. The van der Waals surface area contributed by atoms with Gasteiger partial charge in [0.1, 0.15) is 0 Å².